The first-order valence-electron chi connectivity index (χ1n) is 5.85. The van der Waals surface area contributed by atoms with Crippen molar-refractivity contribution in [2.24, 2.45) is 0 Å². The molecule has 0 aliphatic heterocycles. The fraction of sp³-hybridized carbons (Fsp3) is 0.214. The number of pyridine rings is 1. The summed E-state index contributed by atoms with van der Waals surface area (Å²) in [4.78, 5) is 6.12. The van der Waals surface area contributed by atoms with E-state index in [9.17, 15) is 0 Å². The van der Waals surface area contributed by atoms with E-state index < -0.39 is 0 Å². The average Bonchev–Trinajstić information content (AvgIpc) is 2.41. The summed E-state index contributed by atoms with van der Waals surface area (Å²) >= 11 is 0. The van der Waals surface area contributed by atoms with Gasteiger partial charge in [0, 0.05) is 32.0 Å². The lowest BCUT2D eigenvalue weighted by atomic mass is 10.2. The van der Waals surface area contributed by atoms with Crippen LogP contribution in [0.15, 0.2) is 36.5 Å². The monoisotopic (exact) mass is 259 g/mol. The molecule has 19 heavy (non-hydrogen) atoms. The Hall–Kier alpha value is -2.43. The quantitative estimate of drug-likeness (QED) is 0.855. The molecule has 0 unspecified atom stereocenters. The summed E-state index contributed by atoms with van der Waals surface area (Å²) < 4.78 is 10.9. The molecule has 1 heterocycles. The Morgan fingerprint density at radius 3 is 2.63 bits per heavy atom. The molecule has 0 atom stereocenters. The highest BCUT2D eigenvalue weighted by molar-refractivity contribution is 5.63. The second-order valence-electron chi connectivity index (χ2n) is 4.23. The Morgan fingerprint density at radius 1 is 1.16 bits per heavy atom. The van der Waals surface area contributed by atoms with Crippen molar-refractivity contribution in [3.05, 3.63) is 36.5 Å². The van der Waals surface area contributed by atoms with Crippen LogP contribution < -0.4 is 20.1 Å². The topological polar surface area (TPSA) is 60.6 Å². The minimum absolute atomic E-state index is 0.396. The van der Waals surface area contributed by atoms with Gasteiger partial charge in [-0.05, 0) is 24.3 Å². The summed E-state index contributed by atoms with van der Waals surface area (Å²) in [5.41, 5.74) is 7.47. The molecule has 0 fully saturated rings. The van der Waals surface area contributed by atoms with Gasteiger partial charge in [-0.3, -0.25) is 0 Å². The van der Waals surface area contributed by atoms with Crippen LogP contribution in [0.3, 0.4) is 0 Å². The number of nitrogens with zero attached hydrogens (tertiary/aromatic N) is 2. The molecule has 0 aliphatic carbocycles. The summed E-state index contributed by atoms with van der Waals surface area (Å²) in [7, 11) is 5.48. The lowest BCUT2D eigenvalue weighted by Crippen LogP contribution is -2.09. The highest BCUT2D eigenvalue weighted by Gasteiger charge is 2.10. The van der Waals surface area contributed by atoms with E-state index in [0.717, 1.165) is 5.69 Å². The van der Waals surface area contributed by atoms with Gasteiger partial charge in [0.15, 0.2) is 11.5 Å². The summed E-state index contributed by atoms with van der Waals surface area (Å²) in [5, 5.41) is 0. The second-order valence-corrected chi connectivity index (χ2v) is 4.23. The van der Waals surface area contributed by atoms with Crippen molar-refractivity contribution in [1.82, 2.24) is 4.98 Å². The smallest absolute Gasteiger partial charge is 0.262 e. The molecule has 0 aliphatic rings. The van der Waals surface area contributed by atoms with Gasteiger partial charge in [-0.15, -0.1) is 0 Å². The van der Waals surface area contributed by atoms with Crippen LogP contribution in [-0.2, 0) is 0 Å². The molecule has 2 N–H and O–H groups in total. The number of hydrogen-bond acceptors (Lipinski definition) is 5. The molecule has 0 saturated carbocycles. The first kappa shape index (κ1) is 13.0. The van der Waals surface area contributed by atoms with Gasteiger partial charge >= 0.3 is 0 Å². The van der Waals surface area contributed by atoms with E-state index in [1.165, 1.54) is 0 Å². The van der Waals surface area contributed by atoms with Crippen molar-refractivity contribution in [3.63, 3.8) is 0 Å². The number of rotatable bonds is 4. The van der Waals surface area contributed by atoms with E-state index in [1.807, 2.05) is 31.1 Å². The van der Waals surface area contributed by atoms with E-state index >= 15 is 0 Å². The van der Waals surface area contributed by atoms with E-state index in [-0.39, 0.29) is 0 Å². The normalized spacial score (nSPS) is 10.1. The largest absolute Gasteiger partial charge is 0.491 e. The standard InChI is InChI=1S/C14H17N3O2/c1-17(2)10-6-7-11(15)13(9-10)19-14-12(18-3)5-4-8-16-14/h4-9H,15H2,1-3H3. The molecule has 2 rings (SSSR count). The number of benzene rings is 1. The van der Waals surface area contributed by atoms with E-state index in [4.69, 9.17) is 15.2 Å². The molecule has 1 aromatic carbocycles. The van der Waals surface area contributed by atoms with Gasteiger partial charge in [-0.25, -0.2) is 4.98 Å². The molecule has 0 radical (unpaired) electrons. The van der Waals surface area contributed by atoms with Crippen LogP contribution in [0.4, 0.5) is 11.4 Å². The molecule has 100 valence electrons. The maximum atomic E-state index is 5.92. The van der Waals surface area contributed by atoms with Crippen LogP contribution in [0.5, 0.6) is 17.4 Å². The second kappa shape index (κ2) is 5.48. The Morgan fingerprint density at radius 2 is 1.95 bits per heavy atom. The van der Waals surface area contributed by atoms with Crippen LogP contribution in [0.2, 0.25) is 0 Å². The average molecular weight is 259 g/mol. The van der Waals surface area contributed by atoms with Crippen molar-refractivity contribution >= 4 is 11.4 Å². The lowest BCUT2D eigenvalue weighted by Gasteiger charge is -2.16. The predicted molar refractivity (Wildman–Crippen MR) is 76.0 cm³/mol. The lowest BCUT2D eigenvalue weighted by molar-refractivity contribution is 0.370. The maximum Gasteiger partial charge on any atom is 0.262 e. The zero-order chi connectivity index (χ0) is 13.8. The van der Waals surface area contributed by atoms with Crippen LogP contribution in [0.25, 0.3) is 0 Å². The number of nitrogens with two attached hydrogens (primary N) is 1. The molecule has 0 bridgehead atoms. The molecule has 5 nitrogen and oxygen atoms in total. The van der Waals surface area contributed by atoms with Gasteiger partial charge in [0.25, 0.3) is 5.88 Å². The number of aromatic nitrogens is 1. The Balaban J connectivity index is 2.34. The zero-order valence-corrected chi connectivity index (χ0v) is 11.3. The Bertz CT molecular complexity index is 570. The summed E-state index contributed by atoms with van der Waals surface area (Å²) in [6, 6.07) is 9.17. The molecule has 5 heteroatoms. The van der Waals surface area contributed by atoms with Crippen LogP contribution in [0.1, 0.15) is 0 Å². The van der Waals surface area contributed by atoms with Crippen LogP contribution >= 0.6 is 0 Å². The fourth-order valence-corrected chi connectivity index (χ4v) is 1.60. The summed E-state index contributed by atoms with van der Waals surface area (Å²) in [6.07, 6.45) is 1.64. The number of anilines is 2. The van der Waals surface area contributed by atoms with Crippen molar-refractivity contribution in [2.45, 2.75) is 0 Å². The van der Waals surface area contributed by atoms with E-state index in [0.29, 0.717) is 23.1 Å². The predicted octanol–water partition coefficient (Wildman–Crippen LogP) is 2.53. The number of methoxy groups -OCH3 is 1. The third-order valence-corrected chi connectivity index (χ3v) is 2.68. The third kappa shape index (κ3) is 2.88. The van der Waals surface area contributed by atoms with Crippen molar-refractivity contribution in [1.29, 1.82) is 0 Å². The van der Waals surface area contributed by atoms with Gasteiger partial charge in [-0.1, -0.05) is 0 Å². The molecule has 0 spiro atoms. The van der Waals surface area contributed by atoms with Crippen molar-refractivity contribution in [2.75, 3.05) is 31.8 Å². The van der Waals surface area contributed by atoms with Crippen molar-refractivity contribution in [3.8, 4) is 17.4 Å². The van der Waals surface area contributed by atoms with Crippen molar-refractivity contribution < 1.29 is 9.47 Å². The van der Waals surface area contributed by atoms with Gasteiger partial charge in [0.05, 0.1) is 12.8 Å². The van der Waals surface area contributed by atoms with E-state index in [2.05, 4.69) is 4.98 Å². The van der Waals surface area contributed by atoms with Gasteiger partial charge in [-0.2, -0.15) is 0 Å². The number of ether oxygens (including phenoxy) is 2. The van der Waals surface area contributed by atoms with Crippen LogP contribution in [0, 0.1) is 0 Å². The minimum atomic E-state index is 0.396. The minimum Gasteiger partial charge on any atom is -0.491 e. The first-order chi connectivity index (χ1) is 9.11. The molecule has 1 aromatic heterocycles. The fourth-order valence-electron chi connectivity index (χ4n) is 1.60. The van der Waals surface area contributed by atoms with E-state index in [1.54, 1.807) is 31.5 Å². The highest BCUT2D eigenvalue weighted by atomic mass is 16.5. The van der Waals surface area contributed by atoms with Gasteiger partial charge in [0.2, 0.25) is 0 Å². The zero-order valence-electron chi connectivity index (χ0n) is 11.3. The van der Waals surface area contributed by atoms with Gasteiger partial charge in [0.1, 0.15) is 0 Å². The molecular formula is C14H17N3O2. The SMILES string of the molecule is COc1cccnc1Oc1cc(N(C)C)ccc1N. The first-order valence-corrected chi connectivity index (χ1v) is 5.85. The van der Waals surface area contributed by atoms with Gasteiger partial charge < -0.3 is 20.1 Å². The van der Waals surface area contributed by atoms with Crippen LogP contribution in [-0.4, -0.2) is 26.2 Å². The summed E-state index contributed by atoms with van der Waals surface area (Å²) in [6.45, 7) is 0. The molecule has 2 aromatic rings. The molecule has 0 saturated heterocycles. The Kier molecular flexibility index (Phi) is 3.75. The number of nitrogen functional groups attached to an aromatic ring is 1. The third-order valence-electron chi connectivity index (χ3n) is 2.68. The number of hydrogen-bond donors (Lipinski definition) is 1. The molecule has 0 amide bonds. The Labute approximate surface area is 112 Å². The molecular weight excluding hydrogens is 242 g/mol. The summed E-state index contributed by atoms with van der Waals surface area (Å²) in [5.74, 6) is 1.52. The maximum absolute atomic E-state index is 5.92. The highest BCUT2D eigenvalue weighted by Crippen LogP contribution is 2.34.